The van der Waals surface area contributed by atoms with Crippen molar-refractivity contribution >= 4 is 22.7 Å². The minimum Gasteiger partial charge on any atom is -0.496 e. The predicted octanol–water partition coefficient (Wildman–Crippen LogP) is 5.20. The first kappa shape index (κ1) is 19.1. The molecule has 0 aliphatic rings. The Labute approximate surface area is 182 Å². The van der Waals surface area contributed by atoms with E-state index in [9.17, 15) is 4.79 Å². The lowest BCUT2D eigenvalue weighted by molar-refractivity contribution is 0.416. The molecule has 152 valence electrons. The van der Waals surface area contributed by atoms with Gasteiger partial charge in [-0.1, -0.05) is 48.5 Å². The number of ether oxygens (including phenoxy) is 1. The largest absolute Gasteiger partial charge is 0.496 e. The molecule has 0 spiro atoms. The van der Waals surface area contributed by atoms with Gasteiger partial charge in [0.1, 0.15) is 16.2 Å². The molecule has 6 nitrogen and oxygen atoms in total. The molecule has 7 heteroatoms. The summed E-state index contributed by atoms with van der Waals surface area (Å²) in [6, 6.07) is 26.7. The second-order valence-electron chi connectivity index (χ2n) is 6.72. The molecule has 0 atom stereocenters. The monoisotopic (exact) mass is 427 g/mol. The van der Waals surface area contributed by atoms with Crippen LogP contribution in [0.1, 0.15) is 0 Å². The molecule has 5 rings (SSSR count). The Morgan fingerprint density at radius 1 is 0.903 bits per heavy atom. The molecule has 31 heavy (non-hydrogen) atoms. The minimum absolute atomic E-state index is 0.412. The SMILES string of the molecule is COc1ccccc1-c1nnc(Sc2cc3ccccc3oc2=O)n1-c1ccccc1. The van der Waals surface area contributed by atoms with E-state index in [0.717, 1.165) is 16.6 Å². The number of benzene rings is 3. The van der Waals surface area contributed by atoms with Crippen molar-refractivity contribution in [2.24, 2.45) is 0 Å². The number of hydrogen-bond donors (Lipinski definition) is 0. The van der Waals surface area contributed by atoms with Gasteiger partial charge in [0.15, 0.2) is 5.82 Å². The van der Waals surface area contributed by atoms with Crippen LogP contribution in [0, 0.1) is 0 Å². The molecule has 0 unspecified atom stereocenters. The van der Waals surface area contributed by atoms with Crippen molar-refractivity contribution in [3.8, 4) is 22.8 Å². The summed E-state index contributed by atoms with van der Waals surface area (Å²) in [6.07, 6.45) is 0. The zero-order valence-electron chi connectivity index (χ0n) is 16.6. The standard InChI is InChI=1S/C24H17N3O3S/c1-29-20-14-8-6-12-18(20)22-25-26-24(27(22)17-10-3-2-4-11-17)31-21-15-16-9-5-7-13-19(16)30-23(21)28/h2-15H,1H3. The number of nitrogens with zero attached hydrogens (tertiary/aromatic N) is 3. The van der Waals surface area contributed by atoms with Crippen LogP contribution in [0.3, 0.4) is 0 Å². The van der Waals surface area contributed by atoms with Crippen molar-refractivity contribution in [1.82, 2.24) is 14.8 Å². The van der Waals surface area contributed by atoms with Gasteiger partial charge in [-0.25, -0.2) is 4.79 Å². The zero-order chi connectivity index (χ0) is 21.2. The fraction of sp³-hybridized carbons (Fsp3) is 0.0417. The molecular weight excluding hydrogens is 410 g/mol. The fourth-order valence-corrected chi connectivity index (χ4v) is 4.23. The number of rotatable bonds is 5. The van der Waals surface area contributed by atoms with E-state index in [4.69, 9.17) is 9.15 Å². The highest BCUT2D eigenvalue weighted by Crippen LogP contribution is 2.35. The lowest BCUT2D eigenvalue weighted by Crippen LogP contribution is -2.04. The molecule has 3 aromatic carbocycles. The van der Waals surface area contributed by atoms with E-state index >= 15 is 0 Å². The lowest BCUT2D eigenvalue weighted by atomic mass is 10.2. The van der Waals surface area contributed by atoms with Gasteiger partial charge in [0.2, 0.25) is 5.16 Å². The predicted molar refractivity (Wildman–Crippen MR) is 120 cm³/mol. The molecule has 0 saturated carbocycles. The average Bonchev–Trinajstić information content (AvgIpc) is 3.23. The van der Waals surface area contributed by atoms with Gasteiger partial charge < -0.3 is 9.15 Å². The van der Waals surface area contributed by atoms with Crippen LogP contribution in [0.5, 0.6) is 5.75 Å². The summed E-state index contributed by atoms with van der Waals surface area (Å²) in [5.74, 6) is 1.31. The second-order valence-corrected chi connectivity index (χ2v) is 7.72. The molecule has 0 aliphatic heterocycles. The van der Waals surface area contributed by atoms with E-state index in [1.165, 1.54) is 11.8 Å². The van der Waals surface area contributed by atoms with E-state index in [1.54, 1.807) is 13.2 Å². The van der Waals surface area contributed by atoms with E-state index in [2.05, 4.69) is 10.2 Å². The van der Waals surface area contributed by atoms with E-state index < -0.39 is 5.63 Å². The van der Waals surface area contributed by atoms with Gasteiger partial charge in [-0.3, -0.25) is 4.57 Å². The molecule has 0 N–H and O–H groups in total. The maximum Gasteiger partial charge on any atom is 0.350 e. The number of methoxy groups -OCH3 is 1. The lowest BCUT2D eigenvalue weighted by Gasteiger charge is -2.12. The highest BCUT2D eigenvalue weighted by atomic mass is 32.2. The Balaban J connectivity index is 1.67. The Morgan fingerprint density at radius 3 is 2.48 bits per heavy atom. The molecule has 2 aromatic heterocycles. The van der Waals surface area contributed by atoms with E-state index in [1.807, 2.05) is 83.4 Å². The van der Waals surface area contributed by atoms with Crippen LogP contribution in [0.4, 0.5) is 0 Å². The molecular formula is C24H17N3O3S. The Bertz CT molecular complexity index is 1430. The van der Waals surface area contributed by atoms with Crippen molar-refractivity contribution in [2.45, 2.75) is 10.1 Å². The van der Waals surface area contributed by atoms with E-state index in [0.29, 0.717) is 27.2 Å². The van der Waals surface area contributed by atoms with Crippen molar-refractivity contribution in [1.29, 1.82) is 0 Å². The normalized spacial score (nSPS) is 11.0. The quantitative estimate of drug-likeness (QED) is 0.359. The zero-order valence-corrected chi connectivity index (χ0v) is 17.4. The first-order valence-electron chi connectivity index (χ1n) is 9.59. The van der Waals surface area contributed by atoms with Crippen LogP contribution in [-0.2, 0) is 0 Å². The molecule has 0 bridgehead atoms. The van der Waals surface area contributed by atoms with Gasteiger partial charge in [0, 0.05) is 11.1 Å². The molecule has 0 amide bonds. The minimum atomic E-state index is -0.412. The highest BCUT2D eigenvalue weighted by molar-refractivity contribution is 7.99. The summed E-state index contributed by atoms with van der Waals surface area (Å²) in [6.45, 7) is 0. The molecule has 0 fully saturated rings. The summed E-state index contributed by atoms with van der Waals surface area (Å²) < 4.78 is 12.9. The molecule has 5 aromatic rings. The Hall–Kier alpha value is -3.84. The third kappa shape index (κ3) is 3.60. The average molecular weight is 427 g/mol. The fourth-order valence-electron chi connectivity index (χ4n) is 3.36. The van der Waals surface area contributed by atoms with Crippen molar-refractivity contribution in [3.63, 3.8) is 0 Å². The summed E-state index contributed by atoms with van der Waals surface area (Å²) in [4.78, 5) is 13.0. The number of fused-ring (bicyclic) bond motifs is 1. The molecule has 0 radical (unpaired) electrons. The van der Waals surface area contributed by atoms with Gasteiger partial charge in [-0.05, 0) is 48.2 Å². The Kier molecular flexibility index (Phi) is 5.01. The maximum atomic E-state index is 12.6. The summed E-state index contributed by atoms with van der Waals surface area (Å²) in [5, 5.41) is 10.2. The maximum absolute atomic E-state index is 12.6. The summed E-state index contributed by atoms with van der Waals surface area (Å²) in [7, 11) is 1.62. The van der Waals surface area contributed by atoms with Crippen LogP contribution >= 0.6 is 11.8 Å². The molecule has 2 heterocycles. The van der Waals surface area contributed by atoms with Crippen LogP contribution < -0.4 is 10.4 Å². The number of hydrogen-bond acceptors (Lipinski definition) is 6. The molecule has 0 aliphatic carbocycles. The van der Waals surface area contributed by atoms with Crippen molar-refractivity contribution < 1.29 is 9.15 Å². The number of aromatic nitrogens is 3. The van der Waals surface area contributed by atoms with Gasteiger partial charge in [-0.15, -0.1) is 10.2 Å². The smallest absolute Gasteiger partial charge is 0.350 e. The van der Waals surface area contributed by atoms with Gasteiger partial charge >= 0.3 is 5.63 Å². The van der Waals surface area contributed by atoms with Crippen LogP contribution in [0.25, 0.3) is 28.0 Å². The van der Waals surface area contributed by atoms with Crippen LogP contribution in [0.15, 0.2) is 104 Å². The van der Waals surface area contributed by atoms with E-state index in [-0.39, 0.29) is 0 Å². The van der Waals surface area contributed by atoms with Gasteiger partial charge in [0.05, 0.1) is 12.7 Å². The van der Waals surface area contributed by atoms with Gasteiger partial charge in [0.25, 0.3) is 0 Å². The van der Waals surface area contributed by atoms with Crippen LogP contribution in [0.2, 0.25) is 0 Å². The Morgan fingerprint density at radius 2 is 1.65 bits per heavy atom. The second kappa shape index (κ2) is 8.12. The third-order valence-electron chi connectivity index (χ3n) is 4.81. The van der Waals surface area contributed by atoms with Crippen LogP contribution in [-0.4, -0.2) is 21.9 Å². The third-order valence-corrected chi connectivity index (χ3v) is 5.76. The first-order valence-corrected chi connectivity index (χ1v) is 10.4. The summed E-state index contributed by atoms with van der Waals surface area (Å²) >= 11 is 1.22. The van der Waals surface area contributed by atoms with Gasteiger partial charge in [-0.2, -0.15) is 0 Å². The topological polar surface area (TPSA) is 70.2 Å². The van der Waals surface area contributed by atoms with Crippen molar-refractivity contribution in [3.05, 3.63) is 95.3 Å². The van der Waals surface area contributed by atoms with Crippen molar-refractivity contribution in [2.75, 3.05) is 7.11 Å². The highest BCUT2D eigenvalue weighted by Gasteiger charge is 2.20. The summed E-state index contributed by atoms with van der Waals surface area (Å²) in [5.41, 5.74) is 1.82. The number of para-hydroxylation sites is 3. The molecule has 0 saturated heterocycles. The first-order chi connectivity index (χ1) is 15.2.